The summed E-state index contributed by atoms with van der Waals surface area (Å²) in [5.74, 6) is 0.160. The first kappa shape index (κ1) is 16.4. The normalized spacial score (nSPS) is 10.3. The fourth-order valence-corrected chi connectivity index (χ4v) is 2.30. The number of para-hydroxylation sites is 1. The summed E-state index contributed by atoms with van der Waals surface area (Å²) in [4.78, 5) is 28.5. The van der Waals surface area contributed by atoms with Gasteiger partial charge < -0.3 is 10.6 Å². The van der Waals surface area contributed by atoms with Crippen LogP contribution in [0, 0.1) is 13.8 Å². The number of benzene rings is 1. The number of nitrogens with zero attached hydrogens (tertiary/aromatic N) is 2. The number of rotatable bonds is 4. The van der Waals surface area contributed by atoms with Crippen molar-refractivity contribution in [2.24, 2.45) is 0 Å². The van der Waals surface area contributed by atoms with Gasteiger partial charge in [0.05, 0.1) is 17.6 Å². The van der Waals surface area contributed by atoms with Crippen molar-refractivity contribution in [2.45, 2.75) is 13.8 Å². The van der Waals surface area contributed by atoms with Crippen LogP contribution in [0.25, 0.3) is 0 Å². The number of amides is 1. The number of nitrogens with one attached hydrogen (secondary N) is 3. The van der Waals surface area contributed by atoms with E-state index < -0.39 is 11.5 Å². The van der Waals surface area contributed by atoms with E-state index in [1.54, 1.807) is 26.0 Å². The highest BCUT2D eigenvalue weighted by Crippen LogP contribution is 2.16. The highest BCUT2D eigenvalue weighted by atomic mass is 16.2. The number of hydrogen-bond acceptors (Lipinski definition) is 5. The lowest BCUT2D eigenvalue weighted by Crippen LogP contribution is -2.26. The molecule has 0 saturated carbocycles. The molecule has 25 heavy (non-hydrogen) atoms. The first-order valence-corrected chi connectivity index (χ1v) is 7.70. The van der Waals surface area contributed by atoms with Gasteiger partial charge in [0.2, 0.25) is 0 Å². The quantitative estimate of drug-likeness (QED) is 0.681. The van der Waals surface area contributed by atoms with Crippen LogP contribution >= 0.6 is 0 Å². The van der Waals surface area contributed by atoms with Crippen LogP contribution in [0.5, 0.6) is 0 Å². The molecule has 3 rings (SSSR count). The largest absolute Gasteiger partial charge is 0.340 e. The smallest absolute Gasteiger partial charge is 0.277 e. The van der Waals surface area contributed by atoms with E-state index >= 15 is 0 Å². The molecule has 0 fully saturated rings. The molecular weight excluding hydrogens is 318 g/mol. The topological polar surface area (TPSA) is 99.8 Å². The third-order valence-electron chi connectivity index (χ3n) is 3.76. The zero-order chi connectivity index (χ0) is 17.8. The summed E-state index contributed by atoms with van der Waals surface area (Å²) in [6, 6.07) is 13.1. The molecule has 0 aliphatic rings. The van der Waals surface area contributed by atoms with Gasteiger partial charge in [-0.2, -0.15) is 5.10 Å². The second kappa shape index (κ2) is 6.96. The first-order valence-electron chi connectivity index (χ1n) is 7.70. The van der Waals surface area contributed by atoms with E-state index in [-0.39, 0.29) is 5.56 Å². The van der Waals surface area contributed by atoms with Gasteiger partial charge in [0.25, 0.3) is 11.5 Å². The number of hydrogen-bond donors (Lipinski definition) is 3. The highest BCUT2D eigenvalue weighted by Gasteiger charge is 2.16. The number of pyridine rings is 1. The van der Waals surface area contributed by atoms with E-state index in [0.717, 1.165) is 5.69 Å². The zero-order valence-corrected chi connectivity index (χ0v) is 13.8. The molecule has 0 saturated heterocycles. The predicted molar refractivity (Wildman–Crippen MR) is 96.2 cm³/mol. The van der Waals surface area contributed by atoms with Crippen LogP contribution in [0.2, 0.25) is 0 Å². The lowest BCUT2D eigenvalue weighted by molar-refractivity contribution is 0.102. The summed E-state index contributed by atoms with van der Waals surface area (Å²) in [6.07, 6.45) is 1.53. The minimum atomic E-state index is -0.518. The molecule has 126 valence electrons. The van der Waals surface area contributed by atoms with E-state index in [1.807, 2.05) is 30.3 Å². The average molecular weight is 335 g/mol. The van der Waals surface area contributed by atoms with Crippen molar-refractivity contribution in [1.82, 2.24) is 15.2 Å². The molecule has 1 aromatic carbocycles. The molecule has 2 aromatic heterocycles. The molecule has 3 aromatic rings. The summed E-state index contributed by atoms with van der Waals surface area (Å²) in [5, 5.41) is 12.0. The molecule has 0 unspecified atom stereocenters. The predicted octanol–water partition coefficient (Wildman–Crippen LogP) is 2.78. The van der Waals surface area contributed by atoms with Gasteiger partial charge in [-0.25, -0.2) is 10.1 Å². The van der Waals surface area contributed by atoms with E-state index in [0.29, 0.717) is 22.8 Å². The second-order valence-electron chi connectivity index (χ2n) is 5.52. The summed E-state index contributed by atoms with van der Waals surface area (Å²) in [7, 11) is 0. The Morgan fingerprint density at radius 1 is 1.04 bits per heavy atom. The van der Waals surface area contributed by atoms with Crippen molar-refractivity contribution >= 4 is 23.1 Å². The van der Waals surface area contributed by atoms with Gasteiger partial charge in [0.1, 0.15) is 11.4 Å². The van der Waals surface area contributed by atoms with Gasteiger partial charge in [0.15, 0.2) is 0 Å². The Morgan fingerprint density at radius 2 is 1.80 bits per heavy atom. The number of anilines is 3. The van der Waals surface area contributed by atoms with Gasteiger partial charge in [-0.1, -0.05) is 18.2 Å². The summed E-state index contributed by atoms with van der Waals surface area (Å²) in [5.41, 5.74) is 2.11. The van der Waals surface area contributed by atoms with Crippen molar-refractivity contribution in [1.29, 1.82) is 0 Å². The number of carbonyl (C=O) groups excluding carboxylic acids is 1. The van der Waals surface area contributed by atoms with Gasteiger partial charge in [-0.15, -0.1) is 0 Å². The summed E-state index contributed by atoms with van der Waals surface area (Å²) in [6.45, 7) is 3.42. The maximum absolute atomic E-state index is 12.4. The van der Waals surface area contributed by atoms with Crippen LogP contribution in [0.1, 0.15) is 21.6 Å². The molecule has 0 bridgehead atoms. The van der Waals surface area contributed by atoms with E-state index in [4.69, 9.17) is 0 Å². The number of H-pyrrole nitrogens is 1. The van der Waals surface area contributed by atoms with Crippen LogP contribution in [0.15, 0.2) is 53.5 Å². The van der Waals surface area contributed by atoms with E-state index in [9.17, 15) is 9.59 Å². The molecule has 7 heteroatoms. The Morgan fingerprint density at radius 3 is 2.48 bits per heavy atom. The standard InChI is InChI=1S/C18H17N5O2/c1-11-12(2)22-23-18(25)16(11)17(24)21-14-8-9-15(19-10-14)20-13-6-4-3-5-7-13/h3-10H,1-2H3,(H,19,20)(H,21,24)(H,23,25). The maximum Gasteiger partial charge on any atom is 0.277 e. The van der Waals surface area contributed by atoms with Crippen molar-refractivity contribution in [3.63, 3.8) is 0 Å². The Kier molecular flexibility index (Phi) is 4.56. The van der Waals surface area contributed by atoms with Crippen LogP contribution in [-0.2, 0) is 0 Å². The fourth-order valence-electron chi connectivity index (χ4n) is 2.30. The Balaban J connectivity index is 1.75. The molecule has 0 radical (unpaired) electrons. The van der Waals surface area contributed by atoms with Crippen LogP contribution in [0.3, 0.4) is 0 Å². The summed E-state index contributed by atoms with van der Waals surface area (Å²) < 4.78 is 0. The minimum Gasteiger partial charge on any atom is -0.340 e. The average Bonchev–Trinajstić information content (AvgIpc) is 2.61. The molecular formula is C18H17N5O2. The van der Waals surface area contributed by atoms with Gasteiger partial charge >= 0.3 is 0 Å². The molecule has 0 spiro atoms. The lowest BCUT2D eigenvalue weighted by Gasteiger charge is -2.09. The monoisotopic (exact) mass is 335 g/mol. The third-order valence-corrected chi connectivity index (χ3v) is 3.76. The molecule has 3 N–H and O–H groups in total. The van der Waals surface area contributed by atoms with Crippen LogP contribution in [-0.4, -0.2) is 21.1 Å². The molecule has 0 aliphatic carbocycles. The lowest BCUT2D eigenvalue weighted by atomic mass is 10.1. The minimum absolute atomic E-state index is 0.0546. The molecule has 2 heterocycles. The molecule has 0 aliphatic heterocycles. The second-order valence-corrected chi connectivity index (χ2v) is 5.52. The zero-order valence-electron chi connectivity index (χ0n) is 13.8. The van der Waals surface area contributed by atoms with Gasteiger partial charge in [-0.3, -0.25) is 9.59 Å². The maximum atomic E-state index is 12.4. The Bertz CT molecular complexity index is 949. The number of aromatic nitrogens is 3. The van der Waals surface area contributed by atoms with Crippen molar-refractivity contribution < 1.29 is 4.79 Å². The van der Waals surface area contributed by atoms with Crippen molar-refractivity contribution in [3.8, 4) is 0 Å². The third kappa shape index (κ3) is 3.72. The summed E-state index contributed by atoms with van der Waals surface area (Å²) >= 11 is 0. The SMILES string of the molecule is Cc1n[nH]c(=O)c(C(=O)Nc2ccc(Nc3ccccc3)nc2)c1C. The van der Waals surface area contributed by atoms with Crippen molar-refractivity contribution in [3.05, 3.63) is 75.8 Å². The van der Waals surface area contributed by atoms with Gasteiger partial charge in [0, 0.05) is 5.69 Å². The molecule has 1 amide bonds. The first-order chi connectivity index (χ1) is 12.0. The fraction of sp³-hybridized carbons (Fsp3) is 0.111. The number of carbonyl (C=O) groups is 1. The molecule has 7 nitrogen and oxygen atoms in total. The van der Waals surface area contributed by atoms with Crippen molar-refractivity contribution in [2.75, 3.05) is 10.6 Å². The van der Waals surface area contributed by atoms with Crippen LogP contribution in [0.4, 0.5) is 17.2 Å². The molecule has 0 atom stereocenters. The number of aryl methyl sites for hydroxylation is 1. The van der Waals surface area contributed by atoms with Gasteiger partial charge in [-0.05, 0) is 43.7 Å². The Labute approximate surface area is 144 Å². The highest BCUT2D eigenvalue weighted by molar-refractivity contribution is 6.05. The van der Waals surface area contributed by atoms with E-state index in [1.165, 1.54) is 6.20 Å². The van der Waals surface area contributed by atoms with Crippen LogP contribution < -0.4 is 16.2 Å². The number of aromatic amines is 1. The van der Waals surface area contributed by atoms with E-state index in [2.05, 4.69) is 25.8 Å². The Hall–Kier alpha value is -3.48.